The van der Waals surface area contributed by atoms with Crippen molar-refractivity contribution in [2.45, 2.75) is 64.8 Å². The van der Waals surface area contributed by atoms with Gasteiger partial charge in [-0.3, -0.25) is 14.6 Å². The molecule has 44 heavy (non-hydrogen) atoms. The summed E-state index contributed by atoms with van der Waals surface area (Å²) >= 11 is 0. The standard InChI is InChI=1S/C36H38FN5O2/c1-21(22(2)43)17-23-11-15-28-31(18-23)42(6)35(39-28)36(3,4)40-34(44)25-12-14-27-30(19-25)41(5)33(29-16-13-26(37)20-38-29)32(27)24-9-7-8-10-24/h11-20,24H,7-10H2,1-6H3,(H,40,44)/b21-17+. The lowest BCUT2D eigenvalue weighted by Crippen LogP contribution is -2.42. The average Bonchev–Trinajstić information content (AvgIpc) is 3.70. The molecule has 0 aliphatic heterocycles. The van der Waals surface area contributed by atoms with Crippen molar-refractivity contribution in [2.24, 2.45) is 14.1 Å². The van der Waals surface area contributed by atoms with Gasteiger partial charge in [-0.15, -0.1) is 0 Å². The fraction of sp³-hybridized carbons (Fsp3) is 0.333. The minimum Gasteiger partial charge on any atom is -0.342 e. The van der Waals surface area contributed by atoms with Crippen LogP contribution in [-0.4, -0.2) is 30.8 Å². The summed E-state index contributed by atoms with van der Waals surface area (Å²) in [5, 5.41) is 4.32. The van der Waals surface area contributed by atoms with E-state index in [4.69, 9.17) is 4.98 Å². The van der Waals surface area contributed by atoms with Crippen LogP contribution in [0.25, 0.3) is 39.4 Å². The van der Waals surface area contributed by atoms with Crippen molar-refractivity contribution in [2.75, 3.05) is 0 Å². The second-order valence-corrected chi connectivity index (χ2v) is 12.6. The minimum atomic E-state index is -0.780. The van der Waals surface area contributed by atoms with Crippen LogP contribution < -0.4 is 5.32 Å². The summed E-state index contributed by atoms with van der Waals surface area (Å²) in [5.74, 6) is 0.593. The molecule has 5 aromatic rings. The van der Waals surface area contributed by atoms with Crippen molar-refractivity contribution in [1.82, 2.24) is 24.4 Å². The maximum absolute atomic E-state index is 13.8. The van der Waals surface area contributed by atoms with Crippen LogP contribution in [0.2, 0.25) is 0 Å². The van der Waals surface area contributed by atoms with E-state index >= 15 is 0 Å². The Hall–Kier alpha value is -4.59. The number of benzene rings is 2. The molecular formula is C36H38FN5O2. The number of hydrogen-bond donors (Lipinski definition) is 1. The number of amides is 1. The number of Topliss-reactive ketones (excluding diaryl/α,β-unsaturated/α-hetero) is 1. The van der Waals surface area contributed by atoms with Gasteiger partial charge in [0.15, 0.2) is 5.78 Å². The molecule has 1 saturated carbocycles. The zero-order valence-electron chi connectivity index (χ0n) is 26.2. The number of imidazole rings is 1. The Labute approximate surface area is 256 Å². The number of fused-ring (bicyclic) bond motifs is 2. The smallest absolute Gasteiger partial charge is 0.252 e. The SMILES string of the molecule is CC(=O)/C(C)=C/c1ccc2nc(C(C)(C)NC(=O)c3ccc4c(C5CCCC5)c(-c5ccc(F)cn5)n(C)c4c3)n(C)c2c1. The molecule has 1 aliphatic carbocycles. The third-order valence-corrected chi connectivity index (χ3v) is 9.06. The van der Waals surface area contributed by atoms with Crippen LogP contribution in [0.15, 0.2) is 60.3 Å². The number of nitrogens with one attached hydrogen (secondary N) is 1. The molecule has 0 atom stereocenters. The highest BCUT2D eigenvalue weighted by molar-refractivity contribution is 6.01. The maximum atomic E-state index is 13.8. The Morgan fingerprint density at radius 1 is 0.977 bits per heavy atom. The lowest BCUT2D eigenvalue weighted by Gasteiger charge is -2.26. The van der Waals surface area contributed by atoms with Crippen molar-refractivity contribution in [3.63, 3.8) is 0 Å². The highest BCUT2D eigenvalue weighted by atomic mass is 19.1. The molecule has 3 heterocycles. The molecule has 6 rings (SSSR count). The van der Waals surface area contributed by atoms with E-state index in [-0.39, 0.29) is 17.5 Å². The highest BCUT2D eigenvalue weighted by Crippen LogP contribution is 2.44. The number of aromatic nitrogens is 4. The number of carbonyl (C=O) groups excluding carboxylic acids is 2. The molecule has 8 heteroatoms. The summed E-state index contributed by atoms with van der Waals surface area (Å²) in [6.07, 6.45) is 7.72. The number of ketones is 1. The van der Waals surface area contributed by atoms with E-state index < -0.39 is 5.54 Å². The van der Waals surface area contributed by atoms with Gasteiger partial charge in [0.2, 0.25) is 0 Å². The first-order valence-electron chi connectivity index (χ1n) is 15.2. The highest BCUT2D eigenvalue weighted by Gasteiger charge is 2.31. The summed E-state index contributed by atoms with van der Waals surface area (Å²) in [7, 11) is 3.93. The lowest BCUT2D eigenvalue weighted by atomic mass is 9.93. The Balaban J connectivity index is 1.35. The number of allylic oxidation sites excluding steroid dienone is 1. The van der Waals surface area contributed by atoms with Crippen molar-refractivity contribution in [3.8, 4) is 11.4 Å². The summed E-state index contributed by atoms with van der Waals surface area (Å²) in [5.41, 5.74) is 7.00. The van der Waals surface area contributed by atoms with E-state index in [1.807, 2.05) is 81.9 Å². The van der Waals surface area contributed by atoms with Gasteiger partial charge in [-0.05, 0) is 106 Å². The number of pyridine rings is 1. The van der Waals surface area contributed by atoms with Gasteiger partial charge in [-0.25, -0.2) is 9.37 Å². The Morgan fingerprint density at radius 3 is 2.41 bits per heavy atom. The average molecular weight is 592 g/mol. The van der Waals surface area contributed by atoms with Gasteiger partial charge in [-0.2, -0.15) is 0 Å². The van der Waals surface area contributed by atoms with Crippen LogP contribution in [0, 0.1) is 5.82 Å². The Morgan fingerprint density at radius 2 is 1.73 bits per heavy atom. The molecule has 0 unspecified atom stereocenters. The first-order valence-corrected chi connectivity index (χ1v) is 15.2. The van der Waals surface area contributed by atoms with Crippen LogP contribution in [0.3, 0.4) is 0 Å². The number of carbonyl (C=O) groups is 2. The van der Waals surface area contributed by atoms with Crippen molar-refractivity contribution >= 4 is 39.7 Å². The third kappa shape index (κ3) is 5.23. The van der Waals surface area contributed by atoms with E-state index in [0.29, 0.717) is 17.1 Å². The number of rotatable bonds is 7. The summed E-state index contributed by atoms with van der Waals surface area (Å²) in [6, 6.07) is 15.0. The molecule has 3 aromatic heterocycles. The molecule has 2 aromatic carbocycles. The fourth-order valence-electron chi connectivity index (χ4n) is 6.68. The van der Waals surface area contributed by atoms with Gasteiger partial charge in [0.25, 0.3) is 5.91 Å². The normalized spacial score (nSPS) is 14.6. The molecule has 7 nitrogen and oxygen atoms in total. The van der Waals surface area contributed by atoms with E-state index in [1.165, 1.54) is 30.7 Å². The second-order valence-electron chi connectivity index (χ2n) is 12.6. The largest absolute Gasteiger partial charge is 0.342 e. The minimum absolute atomic E-state index is 0.0336. The van der Waals surface area contributed by atoms with E-state index in [9.17, 15) is 14.0 Å². The zero-order chi connectivity index (χ0) is 31.3. The van der Waals surface area contributed by atoms with Crippen LogP contribution in [0.5, 0.6) is 0 Å². The quantitative estimate of drug-likeness (QED) is 0.198. The van der Waals surface area contributed by atoms with Gasteiger partial charge >= 0.3 is 0 Å². The Kier molecular flexibility index (Phi) is 7.48. The first kappa shape index (κ1) is 29.5. The van der Waals surface area contributed by atoms with Gasteiger partial charge in [0.05, 0.1) is 34.2 Å². The predicted octanol–water partition coefficient (Wildman–Crippen LogP) is 7.58. The van der Waals surface area contributed by atoms with Gasteiger partial charge < -0.3 is 14.5 Å². The number of hydrogen-bond acceptors (Lipinski definition) is 4. The molecule has 0 spiro atoms. The summed E-state index contributed by atoms with van der Waals surface area (Å²) < 4.78 is 17.8. The molecule has 0 saturated heterocycles. The molecule has 1 N–H and O–H groups in total. The van der Waals surface area contributed by atoms with Crippen molar-refractivity contribution in [1.29, 1.82) is 0 Å². The van der Waals surface area contributed by atoms with Gasteiger partial charge in [0, 0.05) is 30.6 Å². The summed E-state index contributed by atoms with van der Waals surface area (Å²) in [6.45, 7) is 7.26. The van der Waals surface area contributed by atoms with Crippen molar-refractivity contribution in [3.05, 3.63) is 88.6 Å². The topological polar surface area (TPSA) is 81.8 Å². The molecular weight excluding hydrogens is 553 g/mol. The van der Waals surface area contributed by atoms with Crippen LogP contribution in [0.1, 0.15) is 86.6 Å². The first-order chi connectivity index (χ1) is 20.9. The molecule has 1 aliphatic rings. The van der Waals surface area contributed by atoms with Crippen LogP contribution in [0.4, 0.5) is 4.39 Å². The molecule has 1 fully saturated rings. The summed E-state index contributed by atoms with van der Waals surface area (Å²) in [4.78, 5) is 34.8. The fourth-order valence-corrected chi connectivity index (χ4v) is 6.68. The second kappa shape index (κ2) is 11.2. The molecule has 226 valence electrons. The Bertz CT molecular complexity index is 1960. The van der Waals surface area contributed by atoms with E-state index in [2.05, 4.69) is 14.9 Å². The molecule has 0 bridgehead atoms. The third-order valence-electron chi connectivity index (χ3n) is 9.06. The number of nitrogens with zero attached hydrogens (tertiary/aromatic N) is 4. The van der Waals surface area contributed by atoms with Crippen molar-refractivity contribution < 1.29 is 14.0 Å². The zero-order valence-corrected chi connectivity index (χ0v) is 26.2. The number of halogens is 1. The lowest BCUT2D eigenvalue weighted by molar-refractivity contribution is -0.113. The van der Waals surface area contributed by atoms with Crippen LogP contribution >= 0.6 is 0 Å². The van der Waals surface area contributed by atoms with Gasteiger partial charge in [0.1, 0.15) is 11.6 Å². The predicted molar refractivity (Wildman–Crippen MR) is 173 cm³/mol. The van der Waals surface area contributed by atoms with Crippen LogP contribution in [-0.2, 0) is 24.4 Å². The van der Waals surface area contributed by atoms with E-state index in [0.717, 1.165) is 57.6 Å². The monoisotopic (exact) mass is 591 g/mol. The van der Waals surface area contributed by atoms with Gasteiger partial charge in [-0.1, -0.05) is 25.0 Å². The maximum Gasteiger partial charge on any atom is 0.252 e. The number of aryl methyl sites for hydroxylation is 2. The van der Waals surface area contributed by atoms with E-state index in [1.54, 1.807) is 13.0 Å². The molecule has 1 amide bonds. The molecule has 0 radical (unpaired) electrons.